The number of nitrogens with zero attached hydrogens (tertiary/aromatic N) is 1. The van der Waals surface area contributed by atoms with Crippen LogP contribution in [0.4, 0.5) is 0 Å². The predicted octanol–water partition coefficient (Wildman–Crippen LogP) is 0.841. The average Bonchev–Trinajstić information content (AvgIpc) is 1.82. The van der Waals surface area contributed by atoms with E-state index in [-0.39, 0.29) is 5.57 Å². The summed E-state index contributed by atoms with van der Waals surface area (Å²) in [7, 11) is 0. The van der Waals surface area contributed by atoms with Crippen LogP contribution in [0.1, 0.15) is 0 Å². The number of carboxylic acids is 1. The molecule has 0 aliphatic carbocycles. The number of hydrogen-bond donors (Lipinski definition) is 1. The number of thioether (sulfide) groups is 1. The molecule has 0 atom stereocenters. The molecular weight excluding hydrogens is 138 g/mol. The number of carboxylic acid groups (broad SMARTS) is 1. The normalized spacial score (nSPS) is 10.4. The van der Waals surface area contributed by atoms with Crippen LogP contribution in [0.25, 0.3) is 0 Å². The van der Waals surface area contributed by atoms with Crippen molar-refractivity contribution < 1.29 is 9.90 Å². The highest BCUT2D eigenvalue weighted by Gasteiger charge is 2.02. The van der Waals surface area contributed by atoms with Crippen LogP contribution in [0.15, 0.2) is 11.0 Å². The van der Waals surface area contributed by atoms with Gasteiger partial charge >= 0.3 is 5.97 Å². The molecule has 0 saturated carbocycles. The molecule has 3 nitrogen and oxygen atoms in total. The number of nitriles is 1. The molecule has 0 fully saturated rings. The lowest BCUT2D eigenvalue weighted by atomic mass is 10.3. The van der Waals surface area contributed by atoms with Gasteiger partial charge in [-0.15, -0.1) is 11.8 Å². The Hall–Kier alpha value is -0.950. The van der Waals surface area contributed by atoms with E-state index < -0.39 is 5.97 Å². The van der Waals surface area contributed by atoms with Crippen LogP contribution in [-0.4, -0.2) is 17.3 Å². The van der Waals surface area contributed by atoms with E-state index in [0.29, 0.717) is 0 Å². The lowest BCUT2D eigenvalue weighted by molar-refractivity contribution is -0.132. The largest absolute Gasteiger partial charge is 0.477 e. The minimum Gasteiger partial charge on any atom is -0.477 e. The van der Waals surface area contributed by atoms with Crippen molar-refractivity contribution in [3.05, 3.63) is 11.0 Å². The third-order valence-electron chi connectivity index (χ3n) is 0.587. The van der Waals surface area contributed by atoms with Gasteiger partial charge in [0, 0.05) is 0 Å². The highest BCUT2D eigenvalue weighted by molar-refractivity contribution is 8.01. The summed E-state index contributed by atoms with van der Waals surface area (Å²) in [5, 5.41) is 17.6. The summed E-state index contributed by atoms with van der Waals surface area (Å²) in [4.78, 5) is 10.0. The van der Waals surface area contributed by atoms with Crippen molar-refractivity contribution in [1.82, 2.24) is 0 Å². The molecule has 1 N–H and O–H groups in total. The fourth-order valence-electron chi connectivity index (χ4n) is 0.242. The van der Waals surface area contributed by atoms with Crippen LogP contribution in [-0.2, 0) is 4.79 Å². The average molecular weight is 143 g/mol. The first kappa shape index (κ1) is 8.05. The maximum atomic E-state index is 10.0. The second kappa shape index (κ2) is 3.98. The Kier molecular flexibility index (Phi) is 3.56. The van der Waals surface area contributed by atoms with Crippen LogP contribution in [0, 0.1) is 11.3 Å². The number of aliphatic carboxylic acids is 1. The van der Waals surface area contributed by atoms with Gasteiger partial charge in [-0.05, 0) is 11.7 Å². The molecule has 0 bridgehead atoms. The molecule has 0 aliphatic heterocycles. The first-order chi connectivity index (χ1) is 4.22. The minimum absolute atomic E-state index is 0.220. The van der Waals surface area contributed by atoms with Gasteiger partial charge in [-0.2, -0.15) is 5.26 Å². The van der Waals surface area contributed by atoms with E-state index in [1.54, 1.807) is 12.3 Å². The fourth-order valence-corrected chi connectivity index (χ4v) is 0.632. The molecule has 0 amide bonds. The number of hydrogen-bond acceptors (Lipinski definition) is 3. The van der Waals surface area contributed by atoms with Crippen LogP contribution >= 0.6 is 11.8 Å². The molecule has 0 unspecified atom stereocenters. The molecule has 0 aliphatic rings. The highest BCUT2D eigenvalue weighted by atomic mass is 32.2. The summed E-state index contributed by atoms with van der Waals surface area (Å²) in [6.45, 7) is 0. The zero-order valence-electron chi connectivity index (χ0n) is 4.79. The molecule has 4 heteroatoms. The van der Waals surface area contributed by atoms with Crippen molar-refractivity contribution in [2.24, 2.45) is 0 Å². The zero-order chi connectivity index (χ0) is 7.28. The van der Waals surface area contributed by atoms with E-state index in [9.17, 15) is 4.79 Å². The van der Waals surface area contributed by atoms with E-state index in [2.05, 4.69) is 0 Å². The van der Waals surface area contributed by atoms with Crippen LogP contribution in [0.5, 0.6) is 0 Å². The molecule has 0 aromatic carbocycles. The summed E-state index contributed by atoms with van der Waals surface area (Å²) in [6.07, 6.45) is 1.69. The maximum absolute atomic E-state index is 10.0. The van der Waals surface area contributed by atoms with E-state index >= 15 is 0 Å². The van der Waals surface area contributed by atoms with Gasteiger partial charge in [0.1, 0.15) is 11.6 Å². The van der Waals surface area contributed by atoms with Gasteiger partial charge in [0.05, 0.1) is 0 Å². The summed E-state index contributed by atoms with van der Waals surface area (Å²) >= 11 is 1.20. The van der Waals surface area contributed by atoms with E-state index in [1.165, 1.54) is 17.2 Å². The molecule has 0 radical (unpaired) electrons. The Labute approximate surface area is 57.0 Å². The second-order valence-electron chi connectivity index (χ2n) is 1.18. The molecule has 0 heterocycles. The van der Waals surface area contributed by atoms with Gasteiger partial charge in [-0.1, -0.05) is 0 Å². The van der Waals surface area contributed by atoms with Gasteiger partial charge in [-0.3, -0.25) is 0 Å². The number of carbonyl (C=O) groups is 1. The summed E-state index contributed by atoms with van der Waals surface area (Å²) in [6, 6.07) is 1.54. The molecule has 0 rings (SSSR count). The molecule has 0 spiro atoms. The molecule has 0 saturated heterocycles. The summed E-state index contributed by atoms with van der Waals surface area (Å²) in [5.74, 6) is -1.17. The van der Waals surface area contributed by atoms with Gasteiger partial charge < -0.3 is 5.11 Å². The smallest absolute Gasteiger partial charge is 0.346 e. The SMILES string of the molecule is CSC=C(C#N)C(=O)O. The lowest BCUT2D eigenvalue weighted by Crippen LogP contribution is -1.96. The van der Waals surface area contributed by atoms with Crippen molar-refractivity contribution in [2.75, 3.05) is 6.26 Å². The Balaban J connectivity index is 4.20. The zero-order valence-corrected chi connectivity index (χ0v) is 5.60. The molecule has 48 valence electrons. The first-order valence-electron chi connectivity index (χ1n) is 2.08. The van der Waals surface area contributed by atoms with Crippen molar-refractivity contribution in [2.45, 2.75) is 0 Å². The fraction of sp³-hybridized carbons (Fsp3) is 0.200. The Morgan fingerprint density at radius 1 is 1.89 bits per heavy atom. The number of rotatable bonds is 2. The van der Waals surface area contributed by atoms with Crippen LogP contribution in [0.2, 0.25) is 0 Å². The first-order valence-corrected chi connectivity index (χ1v) is 3.37. The Bertz CT molecular complexity index is 180. The third kappa shape index (κ3) is 2.77. The van der Waals surface area contributed by atoms with Crippen molar-refractivity contribution in [3.8, 4) is 6.07 Å². The Morgan fingerprint density at radius 3 is 2.56 bits per heavy atom. The highest BCUT2D eigenvalue weighted by Crippen LogP contribution is 2.01. The van der Waals surface area contributed by atoms with E-state index in [4.69, 9.17) is 10.4 Å². The minimum atomic E-state index is -1.17. The van der Waals surface area contributed by atoms with Crippen LogP contribution < -0.4 is 0 Å². The van der Waals surface area contributed by atoms with Crippen molar-refractivity contribution >= 4 is 17.7 Å². The molecule has 0 aromatic rings. The van der Waals surface area contributed by atoms with Crippen molar-refractivity contribution in [1.29, 1.82) is 5.26 Å². The monoisotopic (exact) mass is 143 g/mol. The summed E-state index contributed by atoms with van der Waals surface area (Å²) < 4.78 is 0. The van der Waals surface area contributed by atoms with Gasteiger partial charge in [0.2, 0.25) is 0 Å². The molecule has 9 heavy (non-hydrogen) atoms. The maximum Gasteiger partial charge on any atom is 0.346 e. The summed E-state index contributed by atoms with van der Waals surface area (Å²) in [5.41, 5.74) is -0.220. The standard InChI is InChI=1S/C5H5NO2S/c1-9-3-4(2-6)5(7)8/h3H,1H3,(H,7,8). The molecular formula is C5H5NO2S. The van der Waals surface area contributed by atoms with E-state index in [0.717, 1.165) is 0 Å². The predicted molar refractivity (Wildman–Crippen MR) is 34.8 cm³/mol. The second-order valence-corrected chi connectivity index (χ2v) is 1.89. The molecule has 0 aromatic heterocycles. The van der Waals surface area contributed by atoms with Crippen LogP contribution in [0.3, 0.4) is 0 Å². The topological polar surface area (TPSA) is 61.1 Å². The Morgan fingerprint density at radius 2 is 2.44 bits per heavy atom. The van der Waals surface area contributed by atoms with Gasteiger partial charge in [0.25, 0.3) is 0 Å². The van der Waals surface area contributed by atoms with Gasteiger partial charge in [0.15, 0.2) is 0 Å². The quantitative estimate of drug-likeness (QED) is 0.459. The third-order valence-corrected chi connectivity index (χ3v) is 1.06. The lowest BCUT2D eigenvalue weighted by Gasteiger charge is -1.83. The van der Waals surface area contributed by atoms with Gasteiger partial charge in [-0.25, -0.2) is 4.79 Å². The van der Waals surface area contributed by atoms with Crippen molar-refractivity contribution in [3.63, 3.8) is 0 Å². The van der Waals surface area contributed by atoms with E-state index in [1.807, 2.05) is 0 Å².